The number of pyridine rings is 1. The molecule has 0 saturated carbocycles. The van der Waals surface area contributed by atoms with Crippen molar-refractivity contribution in [1.82, 2.24) is 4.98 Å². The average molecular weight is 498 g/mol. The molecule has 2 aromatic carbocycles. The van der Waals surface area contributed by atoms with Gasteiger partial charge in [-0.25, -0.2) is 9.78 Å². The van der Waals surface area contributed by atoms with Gasteiger partial charge in [-0.15, -0.1) is 0 Å². The van der Waals surface area contributed by atoms with Crippen LogP contribution in [-0.2, 0) is 12.6 Å². The van der Waals surface area contributed by atoms with E-state index in [1.807, 2.05) is 13.0 Å². The number of aromatic nitrogens is 1. The van der Waals surface area contributed by atoms with Crippen molar-refractivity contribution in [2.24, 2.45) is 5.92 Å². The Hall–Kier alpha value is -3.58. The minimum absolute atomic E-state index is 0.176. The van der Waals surface area contributed by atoms with Crippen molar-refractivity contribution in [3.05, 3.63) is 87.8 Å². The van der Waals surface area contributed by atoms with Crippen LogP contribution in [0.25, 0.3) is 33.9 Å². The third kappa shape index (κ3) is 4.32. The molecule has 0 amide bonds. The fourth-order valence-electron chi connectivity index (χ4n) is 4.63. The number of carboxylic acids is 1. The summed E-state index contributed by atoms with van der Waals surface area (Å²) in [5, 5.41) is 10.2. The van der Waals surface area contributed by atoms with E-state index >= 15 is 0 Å². The van der Waals surface area contributed by atoms with Crippen LogP contribution >= 0.6 is 11.6 Å². The first-order valence-electron chi connectivity index (χ1n) is 10.9. The number of benzene rings is 2. The minimum Gasteiger partial charge on any atom is -0.478 e. The van der Waals surface area contributed by atoms with Gasteiger partial charge in [-0.1, -0.05) is 36.7 Å². The molecule has 0 saturated heterocycles. The monoisotopic (exact) mass is 497 g/mol. The van der Waals surface area contributed by atoms with Gasteiger partial charge >= 0.3 is 12.1 Å². The van der Waals surface area contributed by atoms with Gasteiger partial charge in [0.2, 0.25) is 0 Å². The molecule has 0 fully saturated rings. The summed E-state index contributed by atoms with van der Waals surface area (Å²) in [6.07, 6.45) is -1.55. The first kappa shape index (κ1) is 23.2. The van der Waals surface area contributed by atoms with Gasteiger partial charge in [0.1, 0.15) is 11.5 Å². The zero-order valence-corrected chi connectivity index (χ0v) is 19.2. The number of aromatic carboxylic acids is 1. The van der Waals surface area contributed by atoms with Crippen LogP contribution in [0.4, 0.5) is 13.2 Å². The van der Waals surface area contributed by atoms with E-state index in [-0.39, 0.29) is 27.8 Å². The first-order valence-corrected chi connectivity index (χ1v) is 11.3. The fourth-order valence-corrected chi connectivity index (χ4v) is 4.86. The van der Waals surface area contributed by atoms with E-state index in [4.69, 9.17) is 21.0 Å². The maximum atomic E-state index is 13.3. The molecule has 35 heavy (non-hydrogen) atoms. The van der Waals surface area contributed by atoms with Gasteiger partial charge in [-0.3, -0.25) is 0 Å². The largest absolute Gasteiger partial charge is 0.478 e. The van der Waals surface area contributed by atoms with Gasteiger partial charge in [-0.05, 0) is 72.4 Å². The van der Waals surface area contributed by atoms with Gasteiger partial charge in [0.15, 0.2) is 0 Å². The molecule has 1 aliphatic rings. The molecule has 5 rings (SSSR count). The number of para-hydroxylation sites is 1. The van der Waals surface area contributed by atoms with Gasteiger partial charge in [0, 0.05) is 10.9 Å². The zero-order valence-electron chi connectivity index (χ0n) is 18.5. The van der Waals surface area contributed by atoms with Crippen molar-refractivity contribution in [2.75, 3.05) is 0 Å². The van der Waals surface area contributed by atoms with Crippen molar-refractivity contribution in [2.45, 2.75) is 25.9 Å². The molecule has 0 bridgehead atoms. The number of nitrogens with zero attached hydrogens (tertiary/aromatic N) is 1. The standard InChI is InChI=1S/C27H19ClF3NO3/c1-14-10-16(25-19(11-14)24(26(33)34)18-4-2-3-5-22(18)32-25)12-17-7-9-23(35-17)15-6-8-21(28)20(13-15)27(29,30)31/h2-9,12-14H,10-11H2,1H3,(H,33,34)/b16-12+. The highest BCUT2D eigenvalue weighted by molar-refractivity contribution is 6.31. The predicted molar refractivity (Wildman–Crippen MR) is 128 cm³/mol. The van der Waals surface area contributed by atoms with Crippen LogP contribution in [0.3, 0.4) is 0 Å². The quantitative estimate of drug-likeness (QED) is 0.311. The summed E-state index contributed by atoms with van der Waals surface area (Å²) in [5.74, 6) is -0.127. The lowest BCUT2D eigenvalue weighted by Gasteiger charge is -2.25. The molecule has 0 radical (unpaired) electrons. The van der Waals surface area contributed by atoms with Crippen LogP contribution < -0.4 is 0 Å². The molecule has 8 heteroatoms. The van der Waals surface area contributed by atoms with E-state index in [0.29, 0.717) is 40.8 Å². The summed E-state index contributed by atoms with van der Waals surface area (Å²) in [7, 11) is 0. The van der Waals surface area contributed by atoms with Crippen molar-refractivity contribution in [1.29, 1.82) is 0 Å². The summed E-state index contributed by atoms with van der Waals surface area (Å²) in [4.78, 5) is 17.0. The van der Waals surface area contributed by atoms with Crippen LogP contribution in [0.2, 0.25) is 5.02 Å². The Morgan fingerprint density at radius 1 is 1.14 bits per heavy atom. The molecular formula is C27H19ClF3NO3. The topological polar surface area (TPSA) is 63.3 Å². The number of carboxylic acid groups (broad SMARTS) is 1. The molecular weight excluding hydrogens is 479 g/mol. The molecule has 1 aliphatic carbocycles. The van der Waals surface area contributed by atoms with E-state index in [1.54, 1.807) is 36.4 Å². The highest BCUT2D eigenvalue weighted by Crippen LogP contribution is 2.40. The van der Waals surface area contributed by atoms with E-state index in [9.17, 15) is 23.1 Å². The molecule has 4 aromatic rings. The van der Waals surface area contributed by atoms with E-state index < -0.39 is 17.7 Å². The Morgan fingerprint density at radius 2 is 1.91 bits per heavy atom. The Kier molecular flexibility index (Phi) is 5.68. The molecule has 1 N–H and O–H groups in total. The summed E-state index contributed by atoms with van der Waals surface area (Å²) in [6, 6.07) is 14.0. The lowest BCUT2D eigenvalue weighted by Crippen LogP contribution is -2.17. The number of alkyl halides is 3. The zero-order chi connectivity index (χ0) is 24.9. The van der Waals surface area contributed by atoms with E-state index in [0.717, 1.165) is 11.6 Å². The molecule has 2 aromatic heterocycles. The summed E-state index contributed by atoms with van der Waals surface area (Å²) in [5.41, 5.74) is 2.28. The molecule has 2 heterocycles. The lowest BCUT2D eigenvalue weighted by molar-refractivity contribution is -0.137. The SMILES string of the molecule is CC1C/C(=C\c2ccc(-c3ccc(Cl)c(C(F)(F)F)c3)o2)c2nc3ccccc3c(C(=O)O)c2C1. The normalized spacial score (nSPS) is 17.1. The average Bonchev–Trinajstić information content (AvgIpc) is 3.25. The smallest absolute Gasteiger partial charge is 0.417 e. The number of fused-ring (bicyclic) bond motifs is 2. The predicted octanol–water partition coefficient (Wildman–Crippen LogP) is 7.99. The highest BCUT2D eigenvalue weighted by Gasteiger charge is 2.33. The van der Waals surface area contributed by atoms with Gasteiger partial charge in [0.25, 0.3) is 0 Å². The lowest BCUT2D eigenvalue weighted by atomic mass is 9.81. The van der Waals surface area contributed by atoms with Gasteiger partial charge in [0.05, 0.1) is 27.4 Å². The Labute approximate surface area is 203 Å². The van der Waals surface area contributed by atoms with Crippen LogP contribution in [-0.4, -0.2) is 16.1 Å². The first-order chi connectivity index (χ1) is 16.6. The summed E-state index contributed by atoms with van der Waals surface area (Å²) in [6.45, 7) is 2.04. The second kappa shape index (κ2) is 8.57. The number of carbonyl (C=O) groups is 1. The highest BCUT2D eigenvalue weighted by atomic mass is 35.5. The second-order valence-corrected chi connectivity index (χ2v) is 9.12. The molecule has 0 spiro atoms. The third-order valence-corrected chi connectivity index (χ3v) is 6.46. The molecule has 4 nitrogen and oxygen atoms in total. The number of furan rings is 1. The molecule has 1 atom stereocenters. The van der Waals surface area contributed by atoms with Gasteiger partial charge < -0.3 is 9.52 Å². The van der Waals surface area contributed by atoms with Crippen molar-refractivity contribution in [3.8, 4) is 11.3 Å². The Bertz CT molecular complexity index is 1500. The maximum Gasteiger partial charge on any atom is 0.417 e. The van der Waals surface area contributed by atoms with Crippen LogP contribution in [0.1, 0.15) is 46.3 Å². The van der Waals surface area contributed by atoms with Crippen molar-refractivity contribution >= 4 is 40.1 Å². The molecule has 0 aliphatic heterocycles. The minimum atomic E-state index is -4.58. The molecule has 1 unspecified atom stereocenters. The van der Waals surface area contributed by atoms with Crippen molar-refractivity contribution in [3.63, 3.8) is 0 Å². The number of hydrogen-bond acceptors (Lipinski definition) is 3. The summed E-state index contributed by atoms with van der Waals surface area (Å²) < 4.78 is 45.7. The van der Waals surface area contributed by atoms with E-state index in [2.05, 4.69) is 0 Å². The second-order valence-electron chi connectivity index (χ2n) is 8.71. The molecule has 178 valence electrons. The number of hydrogen-bond donors (Lipinski definition) is 1. The number of halogens is 4. The van der Waals surface area contributed by atoms with Crippen LogP contribution in [0.15, 0.2) is 59.0 Å². The Morgan fingerprint density at radius 3 is 2.66 bits per heavy atom. The van der Waals surface area contributed by atoms with Crippen LogP contribution in [0, 0.1) is 5.92 Å². The summed E-state index contributed by atoms with van der Waals surface area (Å²) >= 11 is 5.73. The fraction of sp³-hybridized carbons (Fsp3) is 0.185. The number of rotatable bonds is 3. The van der Waals surface area contributed by atoms with Crippen molar-refractivity contribution < 1.29 is 27.5 Å². The van der Waals surface area contributed by atoms with E-state index in [1.165, 1.54) is 12.1 Å². The van der Waals surface area contributed by atoms with Gasteiger partial charge in [-0.2, -0.15) is 13.2 Å². The third-order valence-electron chi connectivity index (χ3n) is 6.13. The maximum absolute atomic E-state index is 13.3. The number of allylic oxidation sites excluding steroid dienone is 1. The Balaban J connectivity index is 1.60. The van der Waals surface area contributed by atoms with Crippen LogP contribution in [0.5, 0.6) is 0 Å².